The highest BCUT2D eigenvalue weighted by Gasteiger charge is 2.65. The molecule has 3 fully saturated rings. The minimum Gasteiger partial charge on any atom is -0.377 e. The zero-order valence-electron chi connectivity index (χ0n) is 13.0. The number of aromatic nitrogens is 1. The van der Waals surface area contributed by atoms with Crippen LogP contribution in [0.15, 0.2) is 24.5 Å². The second-order valence-electron chi connectivity index (χ2n) is 6.98. The van der Waals surface area contributed by atoms with Crippen LogP contribution in [0, 0.1) is 11.3 Å². The number of nitrogens with zero attached hydrogens (tertiary/aromatic N) is 1. The summed E-state index contributed by atoms with van der Waals surface area (Å²) in [5.74, 6) is 0.535. The maximum Gasteiger partial charge on any atom is 0.315 e. The van der Waals surface area contributed by atoms with E-state index in [-0.39, 0.29) is 11.4 Å². The molecule has 2 amide bonds. The Kier molecular flexibility index (Phi) is 3.60. The summed E-state index contributed by atoms with van der Waals surface area (Å²) in [6.45, 7) is 2.33. The number of ether oxygens (including phenoxy) is 1. The van der Waals surface area contributed by atoms with Crippen molar-refractivity contribution < 1.29 is 9.53 Å². The Morgan fingerprint density at radius 1 is 1.27 bits per heavy atom. The van der Waals surface area contributed by atoms with Crippen molar-refractivity contribution in [1.82, 2.24) is 15.2 Å². The lowest BCUT2D eigenvalue weighted by molar-refractivity contribution is -0.126. The van der Waals surface area contributed by atoms with E-state index in [1.807, 2.05) is 24.5 Å². The molecule has 120 valence electrons. The molecular formula is C17H25N3O2. The number of amides is 2. The van der Waals surface area contributed by atoms with Gasteiger partial charge >= 0.3 is 6.03 Å². The molecule has 2 N–H and O–H groups in total. The number of fused-ring (bicyclic) bond motifs is 2. The highest BCUT2D eigenvalue weighted by Crippen LogP contribution is 2.60. The number of hydrogen-bond acceptors (Lipinski definition) is 2. The summed E-state index contributed by atoms with van der Waals surface area (Å²) in [5, 5.41) is 6.26. The Hall–Kier alpha value is -1.49. The smallest absolute Gasteiger partial charge is 0.315 e. The number of urea groups is 1. The van der Waals surface area contributed by atoms with Crippen LogP contribution in [0.4, 0.5) is 4.79 Å². The molecule has 5 heteroatoms. The summed E-state index contributed by atoms with van der Waals surface area (Å²) in [6.07, 6.45) is 10.5. The van der Waals surface area contributed by atoms with Crippen LogP contribution in [0.25, 0.3) is 0 Å². The van der Waals surface area contributed by atoms with Gasteiger partial charge in [-0.2, -0.15) is 0 Å². The molecule has 0 unspecified atom stereocenters. The fraction of sp³-hybridized carbons (Fsp3) is 0.706. The Labute approximate surface area is 131 Å². The fourth-order valence-corrected chi connectivity index (χ4v) is 4.91. The fourth-order valence-electron chi connectivity index (χ4n) is 4.91. The lowest BCUT2D eigenvalue weighted by Gasteiger charge is -2.56. The van der Waals surface area contributed by atoms with Crippen LogP contribution in [0.5, 0.6) is 0 Å². The minimum atomic E-state index is -0.0196. The topological polar surface area (TPSA) is 55.3 Å². The first-order valence-electron chi connectivity index (χ1n) is 8.56. The van der Waals surface area contributed by atoms with Gasteiger partial charge in [0.1, 0.15) is 0 Å². The predicted octanol–water partition coefficient (Wildman–Crippen LogP) is 2.13. The van der Waals surface area contributed by atoms with E-state index >= 15 is 0 Å². The summed E-state index contributed by atoms with van der Waals surface area (Å²) in [7, 11) is 0. The third-order valence-corrected chi connectivity index (χ3v) is 5.89. The van der Waals surface area contributed by atoms with Crippen molar-refractivity contribution >= 4 is 6.03 Å². The van der Waals surface area contributed by atoms with Gasteiger partial charge in [-0.3, -0.25) is 0 Å². The lowest BCUT2D eigenvalue weighted by Crippen LogP contribution is -2.69. The molecule has 0 radical (unpaired) electrons. The van der Waals surface area contributed by atoms with E-state index in [2.05, 4.69) is 15.2 Å². The van der Waals surface area contributed by atoms with Gasteiger partial charge in [0, 0.05) is 49.5 Å². The Morgan fingerprint density at radius 2 is 2.05 bits per heavy atom. The highest BCUT2D eigenvalue weighted by molar-refractivity contribution is 5.74. The largest absolute Gasteiger partial charge is 0.377 e. The maximum absolute atomic E-state index is 12.2. The first kappa shape index (κ1) is 14.1. The molecule has 3 aliphatic rings. The van der Waals surface area contributed by atoms with Gasteiger partial charge in [0.05, 0.1) is 6.10 Å². The third-order valence-electron chi connectivity index (χ3n) is 5.89. The summed E-state index contributed by atoms with van der Waals surface area (Å²) in [4.78, 5) is 12.2. The average Bonchev–Trinajstić information content (AvgIpc) is 3.24. The van der Waals surface area contributed by atoms with Crippen LogP contribution in [-0.4, -0.2) is 35.9 Å². The van der Waals surface area contributed by atoms with Gasteiger partial charge in [0.25, 0.3) is 0 Å². The molecular weight excluding hydrogens is 278 g/mol. The predicted molar refractivity (Wildman–Crippen MR) is 83.5 cm³/mol. The number of hydrogen-bond donors (Lipinski definition) is 2. The first-order chi connectivity index (χ1) is 10.8. The molecule has 1 aromatic rings. The van der Waals surface area contributed by atoms with Crippen molar-refractivity contribution in [3.05, 3.63) is 24.5 Å². The average molecular weight is 303 g/mol. The highest BCUT2D eigenvalue weighted by atomic mass is 16.5. The Bertz CT molecular complexity index is 522. The Morgan fingerprint density at radius 3 is 2.82 bits per heavy atom. The van der Waals surface area contributed by atoms with Crippen molar-refractivity contribution in [1.29, 1.82) is 0 Å². The quantitative estimate of drug-likeness (QED) is 0.895. The zero-order valence-corrected chi connectivity index (χ0v) is 13.0. The summed E-state index contributed by atoms with van der Waals surface area (Å²) in [6, 6.07) is 4.29. The van der Waals surface area contributed by atoms with Gasteiger partial charge in [-0.1, -0.05) is 12.8 Å². The van der Waals surface area contributed by atoms with Gasteiger partial charge in [-0.05, 0) is 31.4 Å². The lowest BCUT2D eigenvalue weighted by atomic mass is 9.54. The van der Waals surface area contributed by atoms with E-state index in [9.17, 15) is 4.79 Å². The minimum absolute atomic E-state index is 0.0196. The van der Waals surface area contributed by atoms with E-state index in [4.69, 9.17) is 4.74 Å². The molecule has 2 saturated carbocycles. The van der Waals surface area contributed by atoms with Gasteiger partial charge < -0.3 is 19.9 Å². The summed E-state index contributed by atoms with van der Waals surface area (Å²) >= 11 is 0. The van der Waals surface area contributed by atoms with E-state index in [0.717, 1.165) is 19.6 Å². The van der Waals surface area contributed by atoms with E-state index in [1.165, 1.54) is 25.7 Å². The van der Waals surface area contributed by atoms with Crippen molar-refractivity contribution in [2.75, 3.05) is 13.2 Å². The Balaban J connectivity index is 1.31. The molecule has 0 aromatic carbocycles. The maximum atomic E-state index is 12.2. The molecule has 1 aromatic heterocycles. The van der Waals surface area contributed by atoms with Crippen LogP contribution in [0.3, 0.4) is 0 Å². The molecule has 1 aliphatic heterocycles. The number of carbonyl (C=O) groups excluding carboxylic acids is 1. The molecule has 3 atom stereocenters. The van der Waals surface area contributed by atoms with Crippen molar-refractivity contribution in [2.24, 2.45) is 11.3 Å². The summed E-state index contributed by atoms with van der Waals surface area (Å²) < 4.78 is 8.03. The molecule has 2 aliphatic carbocycles. The van der Waals surface area contributed by atoms with E-state index in [1.54, 1.807) is 0 Å². The van der Waals surface area contributed by atoms with E-state index in [0.29, 0.717) is 24.6 Å². The zero-order chi connectivity index (χ0) is 15.0. The SMILES string of the molecule is O=C(NCCn1cccc1)N[C@@H]1[C@@H]2CCO[C@@H]2C12CCCC2. The summed E-state index contributed by atoms with van der Waals surface area (Å²) in [5.41, 5.74) is 0.235. The number of rotatable bonds is 4. The van der Waals surface area contributed by atoms with E-state index < -0.39 is 0 Å². The second kappa shape index (κ2) is 5.61. The molecule has 5 nitrogen and oxygen atoms in total. The monoisotopic (exact) mass is 303 g/mol. The van der Waals surface area contributed by atoms with Crippen molar-refractivity contribution in [2.45, 2.75) is 50.8 Å². The van der Waals surface area contributed by atoms with Crippen molar-refractivity contribution in [3.8, 4) is 0 Å². The van der Waals surface area contributed by atoms with Crippen LogP contribution < -0.4 is 10.6 Å². The van der Waals surface area contributed by atoms with Crippen LogP contribution >= 0.6 is 0 Å². The van der Waals surface area contributed by atoms with Crippen LogP contribution in [0.2, 0.25) is 0 Å². The molecule has 1 spiro atoms. The van der Waals surface area contributed by atoms with Crippen LogP contribution in [-0.2, 0) is 11.3 Å². The molecule has 2 heterocycles. The standard InChI is InChI=1S/C17H25N3O2/c21-16(18-8-11-20-9-3-4-10-20)19-14-13-5-12-22-15(13)17(14)6-1-2-7-17/h3-4,9-10,13-15H,1-2,5-8,11-12H2,(H2,18,19,21)/t13-,14+,15-/m0/s1. The normalized spacial score (nSPS) is 31.7. The first-order valence-corrected chi connectivity index (χ1v) is 8.56. The number of carbonyl (C=O) groups is 1. The number of nitrogens with one attached hydrogen (secondary N) is 2. The van der Waals surface area contributed by atoms with Gasteiger partial charge in [0.2, 0.25) is 0 Å². The third kappa shape index (κ3) is 2.22. The van der Waals surface area contributed by atoms with Crippen LogP contribution in [0.1, 0.15) is 32.1 Å². The molecule has 1 saturated heterocycles. The van der Waals surface area contributed by atoms with Gasteiger partial charge in [-0.15, -0.1) is 0 Å². The van der Waals surface area contributed by atoms with Crippen molar-refractivity contribution in [3.63, 3.8) is 0 Å². The molecule has 22 heavy (non-hydrogen) atoms. The second-order valence-corrected chi connectivity index (χ2v) is 6.98. The van der Waals surface area contributed by atoms with Gasteiger partial charge in [0.15, 0.2) is 0 Å². The molecule has 4 rings (SSSR count). The van der Waals surface area contributed by atoms with Gasteiger partial charge in [-0.25, -0.2) is 4.79 Å². The molecule has 0 bridgehead atoms.